The standard InChI is InChI=1S/C23H22N6O/c30-22(17-9-4-8-16-13-24-14-19(16)17)29-23-27-20-18(10-5-11-25-20)21(28-23)26-12-15-6-2-1-3-7-15/h1-4,6-9,13-14,24H,5,10-12H2,(H3,25,26,27,28,29,30). The van der Waals surface area contributed by atoms with Crippen LogP contribution in [0.2, 0.25) is 0 Å². The second kappa shape index (κ2) is 7.87. The largest absolute Gasteiger partial charge is 0.370 e. The van der Waals surface area contributed by atoms with Gasteiger partial charge in [0.25, 0.3) is 5.91 Å². The first-order valence-electron chi connectivity index (χ1n) is 10.1. The van der Waals surface area contributed by atoms with Gasteiger partial charge in [0, 0.05) is 42.0 Å². The molecule has 2 aromatic carbocycles. The van der Waals surface area contributed by atoms with Crippen LogP contribution in [-0.4, -0.2) is 27.4 Å². The Balaban J connectivity index is 1.43. The minimum atomic E-state index is -0.232. The molecule has 150 valence electrons. The Bertz CT molecular complexity index is 1200. The van der Waals surface area contributed by atoms with Crippen molar-refractivity contribution in [1.29, 1.82) is 0 Å². The topological polar surface area (TPSA) is 94.7 Å². The van der Waals surface area contributed by atoms with Gasteiger partial charge in [-0.15, -0.1) is 0 Å². The fraction of sp³-hybridized carbons (Fsp3) is 0.174. The molecule has 1 aliphatic rings. The molecular formula is C23H22N6O. The number of carbonyl (C=O) groups excluding carboxylic acids is 1. The molecule has 7 heteroatoms. The molecule has 7 nitrogen and oxygen atoms in total. The number of carbonyl (C=O) groups is 1. The van der Waals surface area contributed by atoms with Crippen LogP contribution < -0.4 is 16.0 Å². The lowest BCUT2D eigenvalue weighted by Gasteiger charge is -2.21. The summed E-state index contributed by atoms with van der Waals surface area (Å²) in [5.41, 5.74) is 2.81. The van der Waals surface area contributed by atoms with E-state index in [1.165, 1.54) is 5.56 Å². The maximum absolute atomic E-state index is 12.9. The van der Waals surface area contributed by atoms with Crippen LogP contribution >= 0.6 is 0 Å². The first-order valence-corrected chi connectivity index (χ1v) is 10.1. The van der Waals surface area contributed by atoms with Gasteiger partial charge in [-0.3, -0.25) is 10.1 Å². The second-order valence-electron chi connectivity index (χ2n) is 7.31. The van der Waals surface area contributed by atoms with Crippen LogP contribution in [-0.2, 0) is 13.0 Å². The normalized spacial score (nSPS) is 12.8. The Labute approximate surface area is 174 Å². The smallest absolute Gasteiger partial charge is 0.258 e. The molecule has 2 aromatic heterocycles. The highest BCUT2D eigenvalue weighted by Gasteiger charge is 2.19. The highest BCUT2D eigenvalue weighted by atomic mass is 16.1. The molecule has 0 bridgehead atoms. The molecule has 1 aliphatic heterocycles. The van der Waals surface area contributed by atoms with Gasteiger partial charge >= 0.3 is 0 Å². The molecule has 30 heavy (non-hydrogen) atoms. The number of hydrogen-bond donors (Lipinski definition) is 4. The van der Waals surface area contributed by atoms with Gasteiger partial charge in [-0.05, 0) is 29.9 Å². The third-order valence-corrected chi connectivity index (χ3v) is 5.28. The summed E-state index contributed by atoms with van der Waals surface area (Å²) in [6.07, 6.45) is 5.62. The molecule has 3 heterocycles. The molecule has 1 amide bonds. The van der Waals surface area contributed by atoms with Gasteiger partial charge in [0.2, 0.25) is 5.95 Å². The van der Waals surface area contributed by atoms with Gasteiger partial charge < -0.3 is 15.6 Å². The maximum atomic E-state index is 12.9. The van der Waals surface area contributed by atoms with Crippen molar-refractivity contribution in [2.75, 3.05) is 22.5 Å². The molecule has 0 aliphatic carbocycles. The van der Waals surface area contributed by atoms with E-state index in [1.54, 1.807) is 6.07 Å². The fourth-order valence-electron chi connectivity index (χ4n) is 3.77. The number of hydrogen-bond acceptors (Lipinski definition) is 5. The molecule has 4 N–H and O–H groups in total. The predicted molar refractivity (Wildman–Crippen MR) is 119 cm³/mol. The van der Waals surface area contributed by atoms with Crippen LogP contribution in [0.15, 0.2) is 60.9 Å². The summed E-state index contributed by atoms with van der Waals surface area (Å²) in [6, 6.07) is 15.8. The summed E-state index contributed by atoms with van der Waals surface area (Å²) in [7, 11) is 0. The van der Waals surface area contributed by atoms with E-state index in [4.69, 9.17) is 0 Å². The Morgan fingerprint density at radius 1 is 1.03 bits per heavy atom. The number of rotatable bonds is 5. The molecule has 0 spiro atoms. The minimum Gasteiger partial charge on any atom is -0.370 e. The number of nitrogens with zero attached hydrogens (tertiary/aromatic N) is 2. The molecule has 5 rings (SSSR count). The van der Waals surface area contributed by atoms with Gasteiger partial charge in [-0.1, -0.05) is 42.5 Å². The third kappa shape index (κ3) is 3.57. The van der Waals surface area contributed by atoms with Gasteiger partial charge in [0.15, 0.2) is 0 Å². The number of amides is 1. The average molecular weight is 398 g/mol. The molecule has 0 saturated heterocycles. The second-order valence-corrected chi connectivity index (χ2v) is 7.31. The van der Waals surface area contributed by atoms with Crippen molar-refractivity contribution in [3.05, 3.63) is 77.6 Å². The summed E-state index contributed by atoms with van der Waals surface area (Å²) >= 11 is 0. The zero-order valence-corrected chi connectivity index (χ0v) is 16.4. The van der Waals surface area contributed by atoms with Crippen molar-refractivity contribution in [3.63, 3.8) is 0 Å². The third-order valence-electron chi connectivity index (χ3n) is 5.28. The Morgan fingerprint density at radius 3 is 2.83 bits per heavy atom. The quantitative estimate of drug-likeness (QED) is 0.405. The van der Waals surface area contributed by atoms with Crippen LogP contribution in [0.1, 0.15) is 27.9 Å². The van der Waals surface area contributed by atoms with E-state index in [9.17, 15) is 4.79 Å². The van der Waals surface area contributed by atoms with Crippen LogP contribution in [0, 0.1) is 0 Å². The van der Waals surface area contributed by atoms with Crippen molar-refractivity contribution >= 4 is 34.3 Å². The van der Waals surface area contributed by atoms with Crippen LogP contribution in [0.3, 0.4) is 0 Å². The number of aromatic nitrogens is 3. The number of aromatic amines is 1. The number of fused-ring (bicyclic) bond motifs is 2. The first-order chi connectivity index (χ1) is 14.8. The van der Waals surface area contributed by atoms with Crippen molar-refractivity contribution in [1.82, 2.24) is 15.0 Å². The van der Waals surface area contributed by atoms with E-state index in [0.717, 1.165) is 47.4 Å². The molecule has 0 fully saturated rings. The number of benzene rings is 2. The highest BCUT2D eigenvalue weighted by Crippen LogP contribution is 2.28. The van der Waals surface area contributed by atoms with E-state index >= 15 is 0 Å². The van der Waals surface area contributed by atoms with E-state index < -0.39 is 0 Å². The molecule has 0 unspecified atom stereocenters. The van der Waals surface area contributed by atoms with Gasteiger partial charge in [-0.25, -0.2) is 0 Å². The first kappa shape index (κ1) is 18.2. The maximum Gasteiger partial charge on any atom is 0.258 e. The Kier molecular flexibility index (Phi) is 4.77. The van der Waals surface area contributed by atoms with E-state index in [1.807, 2.05) is 42.7 Å². The van der Waals surface area contributed by atoms with E-state index in [-0.39, 0.29) is 11.9 Å². The van der Waals surface area contributed by atoms with Crippen LogP contribution in [0.25, 0.3) is 10.8 Å². The van der Waals surface area contributed by atoms with Crippen molar-refractivity contribution in [3.8, 4) is 0 Å². The molecule has 0 radical (unpaired) electrons. The number of H-pyrrole nitrogens is 1. The highest BCUT2D eigenvalue weighted by molar-refractivity contribution is 6.12. The summed E-state index contributed by atoms with van der Waals surface area (Å²) in [6.45, 7) is 1.51. The Morgan fingerprint density at radius 2 is 1.93 bits per heavy atom. The SMILES string of the molecule is O=C(Nc1nc2c(c(NCc3ccccc3)n1)CCCN2)c1cccc2c[nH]cc12. The summed E-state index contributed by atoms with van der Waals surface area (Å²) in [5.74, 6) is 1.59. The lowest BCUT2D eigenvalue weighted by molar-refractivity contribution is 0.102. The van der Waals surface area contributed by atoms with Gasteiger partial charge in [0.1, 0.15) is 11.6 Å². The minimum absolute atomic E-state index is 0.232. The lowest BCUT2D eigenvalue weighted by Crippen LogP contribution is -2.20. The van der Waals surface area contributed by atoms with Gasteiger partial charge in [-0.2, -0.15) is 9.97 Å². The van der Waals surface area contributed by atoms with E-state index in [2.05, 4.69) is 43.0 Å². The lowest BCUT2D eigenvalue weighted by atomic mass is 10.1. The molecule has 0 saturated carbocycles. The summed E-state index contributed by atoms with van der Waals surface area (Å²) < 4.78 is 0. The predicted octanol–water partition coefficient (Wildman–Crippen LogP) is 4.18. The molecule has 0 atom stereocenters. The zero-order chi connectivity index (χ0) is 20.3. The Hall–Kier alpha value is -3.87. The van der Waals surface area contributed by atoms with Crippen molar-refractivity contribution in [2.24, 2.45) is 0 Å². The van der Waals surface area contributed by atoms with Crippen molar-refractivity contribution in [2.45, 2.75) is 19.4 Å². The number of anilines is 3. The monoisotopic (exact) mass is 398 g/mol. The molecule has 4 aromatic rings. The average Bonchev–Trinajstić information content (AvgIpc) is 3.27. The van der Waals surface area contributed by atoms with Crippen LogP contribution in [0.4, 0.5) is 17.6 Å². The molecular weight excluding hydrogens is 376 g/mol. The van der Waals surface area contributed by atoms with E-state index in [0.29, 0.717) is 12.1 Å². The summed E-state index contributed by atoms with van der Waals surface area (Å²) in [5, 5.41) is 11.5. The zero-order valence-electron chi connectivity index (χ0n) is 16.4. The fourth-order valence-corrected chi connectivity index (χ4v) is 3.77. The van der Waals surface area contributed by atoms with Gasteiger partial charge in [0.05, 0.1) is 0 Å². The van der Waals surface area contributed by atoms with Crippen LogP contribution in [0.5, 0.6) is 0 Å². The number of nitrogens with one attached hydrogen (secondary N) is 4. The summed E-state index contributed by atoms with van der Waals surface area (Å²) in [4.78, 5) is 25.2. The van der Waals surface area contributed by atoms with Crippen molar-refractivity contribution < 1.29 is 4.79 Å².